The molecule has 0 aliphatic rings. The maximum atomic E-state index is 2.25. The number of fused-ring (bicyclic) bond motifs is 2. The van der Waals surface area contributed by atoms with Crippen LogP contribution in [-0.2, 0) is 0 Å². The van der Waals surface area contributed by atoms with Crippen molar-refractivity contribution in [1.82, 2.24) is 6.15 Å². The van der Waals surface area contributed by atoms with Crippen LogP contribution in [-0.4, -0.2) is 0 Å². The van der Waals surface area contributed by atoms with Crippen molar-refractivity contribution in [3.8, 4) is 0 Å². The average molecular weight is 303 g/mol. The van der Waals surface area contributed by atoms with E-state index in [0.717, 1.165) is 0 Å². The fraction of sp³-hybridized carbons (Fsp3) is 0. The van der Waals surface area contributed by atoms with Gasteiger partial charge >= 0.3 is 0 Å². The fourth-order valence-electron chi connectivity index (χ4n) is 2.81. The van der Waals surface area contributed by atoms with E-state index in [2.05, 4.69) is 84.9 Å². The van der Waals surface area contributed by atoms with Crippen LogP contribution >= 0.6 is 8.58 Å². The predicted octanol–water partition coefficient (Wildman–Crippen LogP) is 4.78. The Bertz CT molecular complexity index is 843. The summed E-state index contributed by atoms with van der Waals surface area (Å²) in [5, 5.41) is 8.22. The number of hydrogen-bond acceptors (Lipinski definition) is 1. The first-order chi connectivity index (χ1) is 10.4. The molecule has 4 aromatic carbocycles. The van der Waals surface area contributed by atoms with E-state index in [1.165, 1.54) is 32.2 Å². The standard InChI is InChI=1S/C20H15P.H3N/c1-3-11-17-15(7-1)9-5-13-19(17)21-20-14-6-10-16-8-2-4-12-18(16)20;/h1-14,21H;1H3. The normalized spacial score (nSPS) is 10.5. The molecule has 0 atom stereocenters. The van der Waals surface area contributed by atoms with Gasteiger partial charge in [0.2, 0.25) is 0 Å². The minimum absolute atomic E-state index is 0. The molecule has 22 heavy (non-hydrogen) atoms. The minimum atomic E-state index is 0. The van der Waals surface area contributed by atoms with Crippen LogP contribution in [0.3, 0.4) is 0 Å². The van der Waals surface area contributed by atoms with E-state index < -0.39 is 0 Å². The van der Waals surface area contributed by atoms with E-state index in [-0.39, 0.29) is 6.15 Å². The molecule has 4 aromatic rings. The Balaban J connectivity index is 0.00000144. The van der Waals surface area contributed by atoms with Gasteiger partial charge in [-0.25, -0.2) is 0 Å². The van der Waals surface area contributed by atoms with Crippen molar-refractivity contribution in [2.45, 2.75) is 0 Å². The monoisotopic (exact) mass is 303 g/mol. The maximum absolute atomic E-state index is 2.25. The summed E-state index contributed by atoms with van der Waals surface area (Å²) in [5.41, 5.74) is 0. The van der Waals surface area contributed by atoms with E-state index >= 15 is 0 Å². The van der Waals surface area contributed by atoms with E-state index in [0.29, 0.717) is 8.58 Å². The van der Waals surface area contributed by atoms with Crippen molar-refractivity contribution >= 4 is 40.7 Å². The Morgan fingerprint density at radius 3 is 1.36 bits per heavy atom. The summed E-state index contributed by atoms with van der Waals surface area (Å²) >= 11 is 0. The minimum Gasteiger partial charge on any atom is -0.344 e. The van der Waals surface area contributed by atoms with Gasteiger partial charge in [-0.2, -0.15) is 0 Å². The molecule has 0 saturated heterocycles. The Morgan fingerprint density at radius 1 is 0.455 bits per heavy atom. The topological polar surface area (TPSA) is 35.0 Å². The molecule has 0 aliphatic heterocycles. The summed E-state index contributed by atoms with van der Waals surface area (Å²) in [7, 11) is 0.684. The molecular weight excluding hydrogens is 285 g/mol. The number of benzene rings is 4. The second-order valence-electron chi connectivity index (χ2n) is 5.18. The van der Waals surface area contributed by atoms with Crippen molar-refractivity contribution in [2.75, 3.05) is 0 Å². The molecule has 0 radical (unpaired) electrons. The lowest BCUT2D eigenvalue weighted by atomic mass is 10.1. The van der Waals surface area contributed by atoms with Crippen molar-refractivity contribution in [2.24, 2.45) is 0 Å². The lowest BCUT2D eigenvalue weighted by Gasteiger charge is -2.09. The zero-order valence-electron chi connectivity index (χ0n) is 12.3. The highest BCUT2D eigenvalue weighted by atomic mass is 31.1. The third-order valence-corrected chi connectivity index (χ3v) is 5.26. The Labute approximate surface area is 132 Å². The van der Waals surface area contributed by atoms with Gasteiger partial charge in [0.25, 0.3) is 0 Å². The largest absolute Gasteiger partial charge is 0.344 e. The van der Waals surface area contributed by atoms with E-state index in [1.54, 1.807) is 0 Å². The summed E-state index contributed by atoms with van der Waals surface area (Å²) in [5.74, 6) is 0. The summed E-state index contributed by atoms with van der Waals surface area (Å²) in [6.45, 7) is 0. The van der Waals surface area contributed by atoms with Gasteiger partial charge in [0, 0.05) is 0 Å². The third-order valence-electron chi connectivity index (χ3n) is 3.85. The van der Waals surface area contributed by atoms with Crippen molar-refractivity contribution < 1.29 is 0 Å². The van der Waals surface area contributed by atoms with Gasteiger partial charge < -0.3 is 6.15 Å². The first-order valence-corrected chi connectivity index (χ1v) is 8.14. The molecule has 0 fully saturated rings. The molecule has 0 spiro atoms. The summed E-state index contributed by atoms with van der Waals surface area (Å²) < 4.78 is 0. The molecule has 3 N–H and O–H groups in total. The van der Waals surface area contributed by atoms with Crippen LogP contribution in [0.4, 0.5) is 0 Å². The van der Waals surface area contributed by atoms with Crippen molar-refractivity contribution in [3.05, 3.63) is 84.9 Å². The maximum Gasteiger partial charge on any atom is -0.0106 e. The Hall–Kier alpha value is -2.21. The molecule has 1 nitrogen and oxygen atoms in total. The predicted molar refractivity (Wildman–Crippen MR) is 101 cm³/mol. The molecule has 2 heteroatoms. The van der Waals surface area contributed by atoms with Gasteiger partial charge in [-0.05, 0) is 32.2 Å². The van der Waals surface area contributed by atoms with Crippen LogP contribution in [0, 0.1) is 0 Å². The molecule has 0 bridgehead atoms. The molecule has 0 saturated carbocycles. The first-order valence-electron chi connectivity index (χ1n) is 7.14. The average Bonchev–Trinajstić information content (AvgIpc) is 2.56. The zero-order chi connectivity index (χ0) is 14.1. The van der Waals surface area contributed by atoms with E-state index in [4.69, 9.17) is 0 Å². The van der Waals surface area contributed by atoms with Gasteiger partial charge in [0.15, 0.2) is 0 Å². The second-order valence-corrected chi connectivity index (χ2v) is 6.51. The number of rotatable bonds is 2. The van der Waals surface area contributed by atoms with Gasteiger partial charge in [0.05, 0.1) is 0 Å². The highest BCUT2D eigenvalue weighted by molar-refractivity contribution is 7.56. The molecule has 0 heterocycles. The van der Waals surface area contributed by atoms with Crippen LogP contribution in [0.25, 0.3) is 21.5 Å². The molecule has 0 aliphatic carbocycles. The van der Waals surface area contributed by atoms with Crippen LogP contribution in [0.15, 0.2) is 84.9 Å². The molecule has 108 valence electrons. The van der Waals surface area contributed by atoms with Crippen molar-refractivity contribution in [3.63, 3.8) is 0 Å². The van der Waals surface area contributed by atoms with Crippen LogP contribution < -0.4 is 16.8 Å². The van der Waals surface area contributed by atoms with Crippen molar-refractivity contribution in [1.29, 1.82) is 0 Å². The lowest BCUT2D eigenvalue weighted by Crippen LogP contribution is -2.05. The Kier molecular flexibility index (Phi) is 4.20. The summed E-state index contributed by atoms with van der Waals surface area (Å²) in [6.07, 6.45) is 0. The zero-order valence-corrected chi connectivity index (χ0v) is 13.3. The van der Waals surface area contributed by atoms with Crippen LogP contribution in [0.1, 0.15) is 0 Å². The van der Waals surface area contributed by atoms with Crippen LogP contribution in [0.5, 0.6) is 0 Å². The third kappa shape index (κ3) is 2.62. The van der Waals surface area contributed by atoms with Gasteiger partial charge in [-0.1, -0.05) is 93.5 Å². The SMILES string of the molecule is N.c1ccc2c(Pc3cccc4ccccc34)cccc2c1. The molecule has 0 amide bonds. The van der Waals surface area contributed by atoms with E-state index in [9.17, 15) is 0 Å². The fourth-order valence-corrected chi connectivity index (χ4v) is 4.19. The van der Waals surface area contributed by atoms with Gasteiger partial charge in [-0.15, -0.1) is 0 Å². The first kappa shape index (κ1) is 14.7. The number of hydrogen-bond donors (Lipinski definition) is 1. The molecule has 4 rings (SSSR count). The second kappa shape index (κ2) is 6.27. The molecule has 0 aromatic heterocycles. The molecule has 0 unspecified atom stereocenters. The highest BCUT2D eigenvalue weighted by Crippen LogP contribution is 2.23. The smallest absolute Gasteiger partial charge is 0.0106 e. The lowest BCUT2D eigenvalue weighted by molar-refractivity contribution is 1.77. The van der Waals surface area contributed by atoms with Gasteiger partial charge in [-0.3, -0.25) is 0 Å². The summed E-state index contributed by atoms with van der Waals surface area (Å²) in [4.78, 5) is 0. The van der Waals surface area contributed by atoms with Gasteiger partial charge in [0.1, 0.15) is 0 Å². The highest BCUT2D eigenvalue weighted by Gasteiger charge is 2.04. The Morgan fingerprint density at radius 2 is 0.864 bits per heavy atom. The van der Waals surface area contributed by atoms with E-state index in [1.807, 2.05) is 0 Å². The molecular formula is C20H18NP. The van der Waals surface area contributed by atoms with Crippen LogP contribution in [0.2, 0.25) is 0 Å². The quantitative estimate of drug-likeness (QED) is 0.531. The summed E-state index contributed by atoms with van der Waals surface area (Å²) in [6, 6.07) is 30.5.